The summed E-state index contributed by atoms with van der Waals surface area (Å²) >= 11 is 0. The molecule has 0 saturated carbocycles. The number of aromatic nitrogens is 2. The van der Waals surface area contributed by atoms with Gasteiger partial charge in [-0.25, -0.2) is 19.2 Å². The third-order valence-corrected chi connectivity index (χ3v) is 5.18. The van der Waals surface area contributed by atoms with Gasteiger partial charge in [0.05, 0.1) is 7.11 Å². The Labute approximate surface area is 187 Å². The number of nitrogens with zero attached hydrogens (tertiary/aromatic N) is 3. The minimum Gasteiger partial charge on any atom is -0.493 e. The number of ether oxygens (including phenoxy) is 2. The molecule has 3 rings (SSSR count). The molecule has 0 atom stereocenters. The monoisotopic (exact) mass is 472 g/mol. The Hall–Kier alpha value is -3.15. The Morgan fingerprint density at radius 2 is 2.00 bits per heavy atom. The molecule has 1 aromatic carbocycles. The van der Waals surface area contributed by atoms with Gasteiger partial charge in [0.2, 0.25) is 5.95 Å². The van der Waals surface area contributed by atoms with Crippen molar-refractivity contribution in [2.45, 2.75) is 31.6 Å². The van der Waals surface area contributed by atoms with Crippen LogP contribution in [0.2, 0.25) is 0 Å². The lowest BCUT2D eigenvalue weighted by atomic mass is 10.0. The van der Waals surface area contributed by atoms with Crippen molar-refractivity contribution in [3.63, 3.8) is 0 Å². The van der Waals surface area contributed by atoms with Gasteiger partial charge in [0.15, 0.2) is 17.2 Å². The van der Waals surface area contributed by atoms with Gasteiger partial charge < -0.3 is 19.9 Å². The molecule has 0 radical (unpaired) electrons. The van der Waals surface area contributed by atoms with Crippen molar-refractivity contribution in [2.24, 2.45) is 0 Å². The Balaban J connectivity index is 1.59. The number of carboxylic acid groups (broad SMARTS) is 1. The lowest BCUT2D eigenvalue weighted by Gasteiger charge is -2.32. The molecule has 2 heterocycles. The molecule has 1 fully saturated rings. The topological polar surface area (TPSA) is 96.8 Å². The van der Waals surface area contributed by atoms with Crippen LogP contribution in [-0.4, -0.2) is 65.5 Å². The summed E-state index contributed by atoms with van der Waals surface area (Å²) in [6, 6.07) is 5.29. The summed E-state index contributed by atoms with van der Waals surface area (Å²) in [5.41, 5.74) is -1.51. The molecule has 180 valence electrons. The van der Waals surface area contributed by atoms with Gasteiger partial charge in [-0.1, -0.05) is 6.07 Å². The van der Waals surface area contributed by atoms with Crippen LogP contribution in [0.1, 0.15) is 34.5 Å². The smallest absolute Gasteiger partial charge is 0.434 e. The molecule has 0 spiro atoms. The maximum atomic E-state index is 13.1. The number of piperidine rings is 1. The molecule has 0 unspecified atom stereocenters. The molecule has 0 bridgehead atoms. The van der Waals surface area contributed by atoms with E-state index in [1.54, 1.807) is 12.1 Å². The van der Waals surface area contributed by atoms with E-state index in [0.717, 1.165) is 5.56 Å². The molecule has 12 heteroatoms. The number of rotatable bonds is 9. The summed E-state index contributed by atoms with van der Waals surface area (Å²) in [7, 11) is 1.51. The normalized spacial score (nSPS) is 15.3. The van der Waals surface area contributed by atoms with Gasteiger partial charge in [-0.05, 0) is 30.5 Å². The number of alkyl halides is 4. The summed E-state index contributed by atoms with van der Waals surface area (Å²) < 4.78 is 62.5. The van der Waals surface area contributed by atoms with E-state index in [4.69, 9.17) is 14.6 Å². The summed E-state index contributed by atoms with van der Waals surface area (Å²) in [6.45, 7) is 1.28. The molecule has 1 saturated heterocycles. The minimum atomic E-state index is -4.90. The van der Waals surface area contributed by atoms with Crippen molar-refractivity contribution < 1.29 is 36.9 Å². The van der Waals surface area contributed by atoms with E-state index in [0.29, 0.717) is 50.2 Å². The van der Waals surface area contributed by atoms with E-state index in [2.05, 4.69) is 20.2 Å². The van der Waals surface area contributed by atoms with E-state index in [9.17, 15) is 22.4 Å². The average Bonchev–Trinajstić information content (AvgIpc) is 2.78. The lowest BCUT2D eigenvalue weighted by Crippen LogP contribution is -2.39. The van der Waals surface area contributed by atoms with Crippen LogP contribution in [-0.2, 0) is 12.7 Å². The Morgan fingerprint density at radius 1 is 1.27 bits per heavy atom. The second-order valence-corrected chi connectivity index (χ2v) is 7.48. The highest BCUT2D eigenvalue weighted by atomic mass is 19.4. The predicted octanol–water partition coefficient (Wildman–Crippen LogP) is 3.63. The molecule has 1 aliphatic heterocycles. The van der Waals surface area contributed by atoms with Gasteiger partial charge in [0.25, 0.3) is 0 Å². The van der Waals surface area contributed by atoms with Gasteiger partial charge in [0, 0.05) is 31.9 Å². The molecule has 0 aliphatic carbocycles. The molecular formula is C21H24F4N4O4. The van der Waals surface area contributed by atoms with Crippen LogP contribution < -0.4 is 14.8 Å². The zero-order chi connectivity index (χ0) is 24.0. The molecular weight excluding hydrogens is 448 g/mol. The Kier molecular flexibility index (Phi) is 7.90. The number of aromatic carboxylic acids is 1. The molecule has 2 N–H and O–H groups in total. The first-order valence-electron chi connectivity index (χ1n) is 10.2. The maximum absolute atomic E-state index is 13.1. The van der Waals surface area contributed by atoms with Crippen molar-refractivity contribution in [3.05, 3.63) is 41.2 Å². The second kappa shape index (κ2) is 10.6. The highest BCUT2D eigenvalue weighted by Gasteiger charge is 2.38. The number of carbonyl (C=O) groups is 1. The highest BCUT2D eigenvalue weighted by molar-refractivity contribution is 5.88. The zero-order valence-electron chi connectivity index (χ0n) is 17.9. The summed E-state index contributed by atoms with van der Waals surface area (Å²) in [5, 5.41) is 11.8. The minimum absolute atomic E-state index is 0.0670. The van der Waals surface area contributed by atoms with Crippen LogP contribution in [0.5, 0.6) is 11.5 Å². The first kappa shape index (κ1) is 24.5. The Bertz CT molecular complexity index is 966. The molecule has 2 aromatic rings. The fourth-order valence-corrected chi connectivity index (χ4v) is 3.58. The average molecular weight is 472 g/mol. The van der Waals surface area contributed by atoms with E-state index in [-0.39, 0.29) is 18.6 Å². The van der Waals surface area contributed by atoms with Crippen LogP contribution in [0.15, 0.2) is 24.4 Å². The van der Waals surface area contributed by atoms with Gasteiger partial charge in [0.1, 0.15) is 18.8 Å². The van der Waals surface area contributed by atoms with E-state index < -0.39 is 30.1 Å². The first-order valence-corrected chi connectivity index (χ1v) is 10.2. The number of methoxy groups -OCH3 is 1. The van der Waals surface area contributed by atoms with Gasteiger partial charge in [-0.3, -0.25) is 4.90 Å². The third-order valence-electron chi connectivity index (χ3n) is 5.18. The first-order chi connectivity index (χ1) is 15.7. The van der Waals surface area contributed by atoms with Crippen LogP contribution in [0, 0.1) is 0 Å². The van der Waals surface area contributed by atoms with Crippen molar-refractivity contribution in [1.29, 1.82) is 0 Å². The zero-order valence-corrected chi connectivity index (χ0v) is 17.9. The standard InChI is InChI=1S/C21H24F4N4O4/c1-32-16-3-2-13(10-17(16)33-9-6-22)12-29-7-4-14(5-8-29)27-20-26-11-15(19(30)31)18(28-20)21(23,24)25/h2-3,10-11,14H,4-9,12H2,1H3,(H,30,31)(H,26,27,28). The third kappa shape index (κ3) is 6.44. The summed E-state index contributed by atoms with van der Waals surface area (Å²) in [5.74, 6) is -1.01. The lowest BCUT2D eigenvalue weighted by molar-refractivity contribution is -0.141. The number of hydrogen-bond donors (Lipinski definition) is 2. The van der Waals surface area contributed by atoms with Crippen molar-refractivity contribution in [3.8, 4) is 11.5 Å². The number of likely N-dealkylation sites (tertiary alicyclic amines) is 1. The number of halogens is 4. The van der Waals surface area contributed by atoms with Gasteiger partial charge in [-0.15, -0.1) is 0 Å². The predicted molar refractivity (Wildman–Crippen MR) is 110 cm³/mol. The summed E-state index contributed by atoms with van der Waals surface area (Å²) in [6.07, 6.45) is -2.97. The largest absolute Gasteiger partial charge is 0.493 e. The van der Waals surface area contributed by atoms with E-state index >= 15 is 0 Å². The number of hydrogen-bond acceptors (Lipinski definition) is 7. The van der Waals surface area contributed by atoms with Crippen molar-refractivity contribution in [2.75, 3.05) is 38.8 Å². The van der Waals surface area contributed by atoms with Crippen molar-refractivity contribution >= 4 is 11.9 Å². The molecule has 1 aliphatic rings. The van der Waals surface area contributed by atoms with Gasteiger partial charge in [-0.2, -0.15) is 13.2 Å². The number of anilines is 1. The molecule has 8 nitrogen and oxygen atoms in total. The second-order valence-electron chi connectivity index (χ2n) is 7.48. The molecule has 33 heavy (non-hydrogen) atoms. The molecule has 1 aromatic heterocycles. The van der Waals surface area contributed by atoms with Crippen LogP contribution in [0.3, 0.4) is 0 Å². The fraction of sp³-hybridized carbons (Fsp3) is 0.476. The maximum Gasteiger partial charge on any atom is 0.434 e. The molecule has 0 amide bonds. The van der Waals surface area contributed by atoms with Crippen LogP contribution in [0.25, 0.3) is 0 Å². The van der Waals surface area contributed by atoms with Crippen LogP contribution >= 0.6 is 0 Å². The van der Waals surface area contributed by atoms with E-state index in [1.165, 1.54) is 7.11 Å². The number of benzene rings is 1. The summed E-state index contributed by atoms with van der Waals surface area (Å²) in [4.78, 5) is 20.3. The Morgan fingerprint density at radius 3 is 2.61 bits per heavy atom. The number of carboxylic acids is 1. The quantitative estimate of drug-likeness (QED) is 0.535. The fourth-order valence-electron chi connectivity index (χ4n) is 3.58. The highest BCUT2D eigenvalue weighted by Crippen LogP contribution is 2.31. The SMILES string of the molecule is COc1ccc(CN2CCC(Nc3ncc(C(=O)O)c(C(F)(F)F)n3)CC2)cc1OCCF. The van der Waals surface area contributed by atoms with Crippen LogP contribution in [0.4, 0.5) is 23.5 Å². The van der Waals surface area contributed by atoms with Gasteiger partial charge >= 0.3 is 12.1 Å². The van der Waals surface area contributed by atoms with E-state index in [1.807, 2.05) is 6.07 Å². The number of nitrogens with one attached hydrogen (secondary N) is 1. The van der Waals surface area contributed by atoms with Crippen molar-refractivity contribution in [1.82, 2.24) is 14.9 Å².